The lowest BCUT2D eigenvalue weighted by Gasteiger charge is -2.32. The molecule has 1 N–H and O–H groups in total. The normalized spacial score (nSPS) is 19.9. The van der Waals surface area contributed by atoms with Crippen LogP contribution >= 0.6 is 0 Å². The van der Waals surface area contributed by atoms with Crippen LogP contribution in [0.5, 0.6) is 5.88 Å². The van der Waals surface area contributed by atoms with E-state index in [0.29, 0.717) is 50.2 Å². The van der Waals surface area contributed by atoms with Gasteiger partial charge in [-0.2, -0.15) is 35.7 Å². The maximum absolute atomic E-state index is 15.0. The number of aromatic nitrogens is 1. The van der Waals surface area contributed by atoms with Crippen molar-refractivity contribution in [2.45, 2.75) is 42.9 Å². The number of halogens is 9. The minimum Gasteiger partial charge on any atom is -0.469 e. The summed E-state index contributed by atoms with van der Waals surface area (Å²) in [4.78, 5) is 5.64. The Hall–Kier alpha value is -3.32. The van der Waals surface area contributed by atoms with Crippen molar-refractivity contribution in [3.05, 3.63) is 82.8 Å². The molecule has 3 aromatic rings. The van der Waals surface area contributed by atoms with Gasteiger partial charge in [-0.05, 0) is 35.4 Å². The Morgan fingerprint density at radius 3 is 2.10 bits per heavy atom. The first-order chi connectivity index (χ1) is 18.1. The standard InChI is InChI=1S/C26H19F9N2O2/c27-18-9-14(12-37-8-7-23(13-37)11-16-3-6-20(29)36-22(16)39-23)10-19(28)21(18)15-1-4-17(5-2-15)24(38,25(30,31)32)26(33,34)35/h1-6,9-10,38H,7-8,11-13H2. The Morgan fingerprint density at radius 1 is 0.897 bits per heavy atom. The second-order valence-corrected chi connectivity index (χ2v) is 9.74. The second kappa shape index (κ2) is 9.12. The van der Waals surface area contributed by atoms with Crippen molar-refractivity contribution in [1.82, 2.24) is 9.88 Å². The summed E-state index contributed by atoms with van der Waals surface area (Å²) in [5.41, 5.74) is -7.30. The summed E-state index contributed by atoms with van der Waals surface area (Å²) >= 11 is 0. The lowest BCUT2D eigenvalue weighted by molar-refractivity contribution is -0.376. The number of pyridine rings is 1. The van der Waals surface area contributed by atoms with E-state index in [9.17, 15) is 44.6 Å². The molecule has 5 rings (SSSR count). The van der Waals surface area contributed by atoms with Gasteiger partial charge in [-0.25, -0.2) is 8.78 Å². The Bertz CT molecular complexity index is 1370. The molecule has 2 aromatic carbocycles. The van der Waals surface area contributed by atoms with Gasteiger partial charge in [0.25, 0.3) is 5.60 Å². The molecular weight excluding hydrogens is 543 g/mol. The van der Waals surface area contributed by atoms with Crippen LogP contribution in [-0.4, -0.2) is 46.0 Å². The summed E-state index contributed by atoms with van der Waals surface area (Å²) in [6.45, 7) is 1.03. The third kappa shape index (κ3) is 4.71. The summed E-state index contributed by atoms with van der Waals surface area (Å²) in [6, 6.07) is 6.89. The predicted octanol–water partition coefficient (Wildman–Crippen LogP) is 6.06. The first-order valence-corrected chi connectivity index (χ1v) is 11.6. The average Bonchev–Trinajstić information content (AvgIpc) is 3.38. The molecule has 4 nitrogen and oxygen atoms in total. The van der Waals surface area contributed by atoms with Gasteiger partial charge in [-0.1, -0.05) is 24.3 Å². The third-order valence-electron chi connectivity index (χ3n) is 7.05. The van der Waals surface area contributed by atoms with E-state index in [1.807, 2.05) is 4.90 Å². The molecule has 13 heteroatoms. The van der Waals surface area contributed by atoms with Gasteiger partial charge in [0.15, 0.2) is 0 Å². The number of aliphatic hydroxyl groups is 1. The van der Waals surface area contributed by atoms with Crippen LogP contribution in [0.3, 0.4) is 0 Å². The Kier molecular flexibility index (Phi) is 6.37. The molecule has 0 bridgehead atoms. The van der Waals surface area contributed by atoms with Crippen molar-refractivity contribution >= 4 is 0 Å². The zero-order valence-electron chi connectivity index (χ0n) is 19.8. The zero-order valence-corrected chi connectivity index (χ0v) is 19.8. The number of benzene rings is 2. The molecular formula is C26H19F9N2O2. The van der Waals surface area contributed by atoms with E-state index < -0.39 is 52.3 Å². The van der Waals surface area contributed by atoms with Crippen LogP contribution in [0.2, 0.25) is 0 Å². The van der Waals surface area contributed by atoms with Gasteiger partial charge >= 0.3 is 12.4 Å². The Labute approximate surface area is 215 Å². The Morgan fingerprint density at radius 2 is 1.51 bits per heavy atom. The number of alkyl halides is 6. The first-order valence-electron chi connectivity index (χ1n) is 11.6. The minimum atomic E-state index is -6.09. The highest BCUT2D eigenvalue weighted by Gasteiger charge is 2.71. The number of nitrogens with zero attached hydrogens (tertiary/aromatic N) is 2. The number of likely N-dealkylation sites (tertiary alicyclic amines) is 1. The number of fused-ring (bicyclic) bond motifs is 1. The van der Waals surface area contributed by atoms with Gasteiger partial charge in [-0.3, -0.25) is 4.90 Å². The fraction of sp³-hybridized carbons (Fsp3) is 0.346. The molecule has 0 aliphatic carbocycles. The minimum absolute atomic E-state index is 0.125. The van der Waals surface area contributed by atoms with E-state index >= 15 is 0 Å². The zero-order chi connectivity index (χ0) is 28.4. The maximum atomic E-state index is 15.0. The van der Waals surface area contributed by atoms with Crippen LogP contribution < -0.4 is 4.74 Å². The van der Waals surface area contributed by atoms with E-state index in [2.05, 4.69) is 4.98 Å². The number of hydrogen-bond acceptors (Lipinski definition) is 4. The van der Waals surface area contributed by atoms with Crippen LogP contribution in [-0.2, 0) is 18.6 Å². The summed E-state index contributed by atoms with van der Waals surface area (Å²) in [7, 11) is 0. The molecule has 2 aliphatic rings. The lowest BCUT2D eigenvalue weighted by Crippen LogP contribution is -2.53. The maximum Gasteiger partial charge on any atom is 0.430 e. The van der Waals surface area contributed by atoms with Crippen LogP contribution in [0.25, 0.3) is 11.1 Å². The van der Waals surface area contributed by atoms with Crippen molar-refractivity contribution < 1.29 is 49.4 Å². The molecule has 208 valence electrons. The molecule has 1 aromatic heterocycles. The van der Waals surface area contributed by atoms with E-state index in [1.165, 1.54) is 6.07 Å². The molecule has 0 amide bonds. The van der Waals surface area contributed by atoms with Gasteiger partial charge in [0.05, 0.1) is 5.56 Å². The monoisotopic (exact) mass is 562 g/mol. The molecule has 1 unspecified atom stereocenters. The lowest BCUT2D eigenvalue weighted by atomic mass is 9.90. The molecule has 39 heavy (non-hydrogen) atoms. The van der Waals surface area contributed by atoms with Crippen LogP contribution in [0.15, 0.2) is 48.5 Å². The highest BCUT2D eigenvalue weighted by atomic mass is 19.4. The number of ether oxygens (including phenoxy) is 1. The van der Waals surface area contributed by atoms with Crippen molar-refractivity contribution in [1.29, 1.82) is 0 Å². The van der Waals surface area contributed by atoms with E-state index in [-0.39, 0.29) is 23.6 Å². The molecule has 1 atom stereocenters. The second-order valence-electron chi connectivity index (χ2n) is 9.74. The predicted molar refractivity (Wildman–Crippen MR) is 119 cm³/mol. The summed E-state index contributed by atoms with van der Waals surface area (Å²) in [6.07, 6.45) is -11.1. The summed E-state index contributed by atoms with van der Waals surface area (Å²) in [5.74, 6) is -2.60. The quantitative estimate of drug-likeness (QED) is 0.311. The van der Waals surface area contributed by atoms with Crippen LogP contribution in [0.4, 0.5) is 39.5 Å². The van der Waals surface area contributed by atoms with E-state index in [4.69, 9.17) is 4.74 Å². The highest BCUT2D eigenvalue weighted by molar-refractivity contribution is 5.66. The first kappa shape index (κ1) is 27.3. The van der Waals surface area contributed by atoms with Crippen molar-refractivity contribution in [3.8, 4) is 17.0 Å². The van der Waals surface area contributed by atoms with Gasteiger partial charge in [-0.15, -0.1) is 0 Å². The highest BCUT2D eigenvalue weighted by Crippen LogP contribution is 2.50. The van der Waals surface area contributed by atoms with Gasteiger partial charge in [0.1, 0.15) is 17.2 Å². The summed E-state index contributed by atoms with van der Waals surface area (Å²) < 4.78 is 128. The smallest absolute Gasteiger partial charge is 0.430 e. The largest absolute Gasteiger partial charge is 0.469 e. The molecule has 0 radical (unpaired) electrons. The van der Waals surface area contributed by atoms with Crippen molar-refractivity contribution in [2.75, 3.05) is 13.1 Å². The summed E-state index contributed by atoms with van der Waals surface area (Å²) in [5, 5.41) is 9.51. The molecule has 1 fully saturated rings. The SMILES string of the molecule is OC(c1ccc(-c2c(F)cc(CN3CCC4(Cc5ccc(F)nc5O4)C3)cc2F)cc1)(C(F)(F)F)C(F)(F)F. The van der Waals surface area contributed by atoms with E-state index in [1.54, 1.807) is 6.07 Å². The molecule has 1 saturated heterocycles. The van der Waals surface area contributed by atoms with Crippen molar-refractivity contribution in [2.24, 2.45) is 0 Å². The molecule has 2 aliphatic heterocycles. The van der Waals surface area contributed by atoms with Crippen LogP contribution in [0.1, 0.15) is 23.1 Å². The van der Waals surface area contributed by atoms with E-state index in [0.717, 1.165) is 17.7 Å². The molecule has 0 saturated carbocycles. The average molecular weight is 562 g/mol. The fourth-order valence-corrected chi connectivity index (χ4v) is 5.16. The van der Waals surface area contributed by atoms with Gasteiger partial charge < -0.3 is 9.84 Å². The number of hydrogen-bond donors (Lipinski definition) is 1. The van der Waals surface area contributed by atoms with Gasteiger partial charge in [0, 0.05) is 43.6 Å². The topological polar surface area (TPSA) is 45.6 Å². The van der Waals surface area contributed by atoms with Gasteiger partial charge in [0.2, 0.25) is 11.8 Å². The molecule has 3 heterocycles. The Balaban J connectivity index is 1.33. The number of rotatable bonds is 4. The third-order valence-corrected chi connectivity index (χ3v) is 7.05. The molecule has 1 spiro atoms. The fourth-order valence-electron chi connectivity index (χ4n) is 5.16. The van der Waals surface area contributed by atoms with Crippen LogP contribution in [0, 0.1) is 17.6 Å². The van der Waals surface area contributed by atoms with Crippen molar-refractivity contribution in [3.63, 3.8) is 0 Å².